The molecule has 0 aliphatic carbocycles. The zero-order chi connectivity index (χ0) is 21.7. The molecule has 0 bridgehead atoms. The second-order valence-corrected chi connectivity index (χ2v) is 10.6. The summed E-state index contributed by atoms with van der Waals surface area (Å²) in [6.07, 6.45) is -0.0256. The van der Waals surface area contributed by atoms with Gasteiger partial charge in [0, 0.05) is 0 Å². The predicted octanol–water partition coefficient (Wildman–Crippen LogP) is 5.15. The van der Waals surface area contributed by atoms with Gasteiger partial charge in [-0.1, -0.05) is 0 Å². The maximum absolute atomic E-state index is 12.6. The third-order valence-corrected chi connectivity index (χ3v) is 9.11. The van der Waals surface area contributed by atoms with Gasteiger partial charge in [-0.3, -0.25) is 0 Å². The molecule has 1 N–H and O–H groups in total. The van der Waals surface area contributed by atoms with Gasteiger partial charge in [-0.25, -0.2) is 0 Å². The van der Waals surface area contributed by atoms with Gasteiger partial charge in [0.1, 0.15) is 0 Å². The normalized spacial score (nSPS) is 16.0. The van der Waals surface area contributed by atoms with E-state index in [0.29, 0.717) is 18.4 Å². The number of carbonyl (C=O) groups excluding carboxylic acids is 1. The van der Waals surface area contributed by atoms with Gasteiger partial charge in [0.2, 0.25) is 0 Å². The van der Waals surface area contributed by atoms with E-state index in [9.17, 15) is 9.69 Å². The van der Waals surface area contributed by atoms with Crippen molar-refractivity contribution < 1.29 is 14.4 Å². The minimum atomic E-state index is -3.43. The quantitative estimate of drug-likeness (QED) is 0.412. The maximum atomic E-state index is 12.6. The topological polar surface area (TPSA) is 53.0 Å². The summed E-state index contributed by atoms with van der Waals surface area (Å²) in [7, 11) is -3.43. The van der Waals surface area contributed by atoms with Crippen molar-refractivity contribution in [2.75, 3.05) is 22.4 Å². The van der Waals surface area contributed by atoms with Crippen molar-refractivity contribution in [1.29, 1.82) is 0 Å². The van der Waals surface area contributed by atoms with Gasteiger partial charge in [-0.2, -0.15) is 0 Å². The fraction of sp³-hybridized carbons (Fsp3) is 0.160. The number of ether oxygens (including phenoxy) is 1. The number of esters is 1. The first-order valence-electron chi connectivity index (χ1n) is 10.3. The van der Waals surface area contributed by atoms with E-state index in [2.05, 4.69) is 6.58 Å². The Kier molecular flexibility index (Phi) is 6.36. The number of benzene rings is 3. The van der Waals surface area contributed by atoms with E-state index in [1.54, 1.807) is 0 Å². The molecule has 3 aromatic carbocycles. The molecule has 1 saturated heterocycles. The number of para-hydroxylation sites is 2. The van der Waals surface area contributed by atoms with Crippen molar-refractivity contribution in [2.24, 2.45) is 0 Å². The Bertz CT molecular complexity index is 981. The monoisotopic (exact) mass is 434 g/mol. The van der Waals surface area contributed by atoms with Crippen LogP contribution in [0.25, 0.3) is 0 Å². The molecular formula is C25H27N2O3P. The molecule has 0 amide bonds. The van der Waals surface area contributed by atoms with Crippen LogP contribution in [0.3, 0.4) is 0 Å². The van der Waals surface area contributed by atoms with Gasteiger partial charge in [0.25, 0.3) is 0 Å². The summed E-state index contributed by atoms with van der Waals surface area (Å²) in [6.45, 7) is 5.69. The Morgan fingerprint density at radius 1 is 0.839 bits per heavy atom. The third-order valence-electron chi connectivity index (χ3n) is 5.51. The van der Waals surface area contributed by atoms with Gasteiger partial charge in [0.15, 0.2) is 0 Å². The van der Waals surface area contributed by atoms with E-state index in [1.165, 1.54) is 0 Å². The third kappa shape index (κ3) is 4.48. The molecule has 1 fully saturated rings. The van der Waals surface area contributed by atoms with Crippen molar-refractivity contribution in [1.82, 2.24) is 0 Å². The van der Waals surface area contributed by atoms with Crippen LogP contribution in [0.1, 0.15) is 12.0 Å². The fourth-order valence-electron chi connectivity index (χ4n) is 3.96. The standard InChI is InChI=1S/C25H27N2O3P/c1-21(19-25(28)30-20-22-11-5-2-6-12-22)31(29)26(23-13-7-3-8-14-23)17-18-27(31)24-15-9-4-10-16-24/h2-16,29,31H,1,17-20H2. The number of nitrogens with zero attached hydrogens (tertiary/aromatic N) is 2. The summed E-state index contributed by atoms with van der Waals surface area (Å²) in [5.41, 5.74) is 2.78. The van der Waals surface area contributed by atoms with E-state index in [4.69, 9.17) is 4.74 Å². The Balaban J connectivity index is 1.56. The molecule has 0 radical (unpaired) electrons. The molecule has 3 aromatic rings. The number of hydrogen-bond donors (Lipinski definition) is 1. The molecule has 160 valence electrons. The first kappa shape index (κ1) is 21.1. The fourth-order valence-corrected chi connectivity index (χ4v) is 7.23. The summed E-state index contributed by atoms with van der Waals surface area (Å²) < 4.78 is 9.50. The Morgan fingerprint density at radius 2 is 1.29 bits per heavy atom. The Labute approximate surface area is 183 Å². The van der Waals surface area contributed by atoms with Crippen LogP contribution in [0.2, 0.25) is 0 Å². The summed E-state index contributed by atoms with van der Waals surface area (Å²) in [5.74, 6) is -0.386. The van der Waals surface area contributed by atoms with Crippen LogP contribution in [-0.2, 0) is 16.1 Å². The SMILES string of the molecule is C=C(CC(=O)OCc1ccccc1)[PH]1(O)N(c2ccccc2)CCN1c1ccccc1. The molecule has 0 spiro atoms. The second kappa shape index (κ2) is 9.34. The number of hydrogen-bond acceptors (Lipinski definition) is 5. The van der Waals surface area contributed by atoms with Gasteiger partial charge in [-0.15, -0.1) is 0 Å². The van der Waals surface area contributed by atoms with Crippen LogP contribution >= 0.6 is 7.79 Å². The van der Waals surface area contributed by atoms with Crippen molar-refractivity contribution >= 4 is 25.1 Å². The van der Waals surface area contributed by atoms with Gasteiger partial charge < -0.3 is 0 Å². The molecule has 6 heteroatoms. The van der Waals surface area contributed by atoms with Crippen LogP contribution in [0.15, 0.2) is 103 Å². The summed E-state index contributed by atoms with van der Waals surface area (Å²) in [6, 6.07) is 29.2. The molecule has 0 unspecified atom stereocenters. The number of rotatable bonds is 7. The average Bonchev–Trinajstić information content (AvgIpc) is 3.18. The molecule has 0 saturated carbocycles. The molecule has 4 rings (SSSR count). The summed E-state index contributed by atoms with van der Waals surface area (Å²) in [5, 5.41) is 0.510. The van der Waals surface area contributed by atoms with Crippen LogP contribution in [0.4, 0.5) is 11.4 Å². The molecule has 0 aromatic heterocycles. The predicted molar refractivity (Wildman–Crippen MR) is 128 cm³/mol. The molecule has 31 heavy (non-hydrogen) atoms. The van der Waals surface area contributed by atoms with E-state index < -0.39 is 7.79 Å². The Hall–Kier alpha value is -3.14. The van der Waals surface area contributed by atoms with Crippen molar-refractivity contribution in [3.8, 4) is 0 Å². The number of carbonyl (C=O) groups is 1. The molecule has 1 aliphatic rings. The molecular weight excluding hydrogens is 407 g/mol. The number of anilines is 2. The van der Waals surface area contributed by atoms with Crippen LogP contribution < -0.4 is 9.34 Å². The van der Waals surface area contributed by atoms with E-state index in [-0.39, 0.29) is 19.0 Å². The van der Waals surface area contributed by atoms with Crippen molar-refractivity contribution in [3.63, 3.8) is 0 Å². The molecule has 1 heterocycles. The van der Waals surface area contributed by atoms with Gasteiger partial charge in [0.05, 0.1) is 0 Å². The zero-order valence-electron chi connectivity index (χ0n) is 17.4. The van der Waals surface area contributed by atoms with Crippen LogP contribution in [-0.4, -0.2) is 24.0 Å². The first-order valence-corrected chi connectivity index (χ1v) is 12.2. The van der Waals surface area contributed by atoms with Crippen molar-refractivity contribution in [2.45, 2.75) is 13.0 Å². The van der Waals surface area contributed by atoms with Crippen molar-refractivity contribution in [3.05, 3.63) is 108 Å². The van der Waals surface area contributed by atoms with Crippen LogP contribution in [0.5, 0.6) is 0 Å². The summed E-state index contributed by atoms with van der Waals surface area (Å²) >= 11 is 0. The minimum absolute atomic E-state index is 0.0256. The second-order valence-electron chi connectivity index (χ2n) is 7.54. The Morgan fingerprint density at radius 3 is 1.77 bits per heavy atom. The van der Waals surface area contributed by atoms with Gasteiger partial charge >= 0.3 is 183 Å². The molecule has 5 nitrogen and oxygen atoms in total. The molecule has 1 aliphatic heterocycles. The molecule has 0 atom stereocenters. The summed E-state index contributed by atoms with van der Waals surface area (Å²) in [4.78, 5) is 24.7. The van der Waals surface area contributed by atoms with E-state index in [1.807, 2.05) is 100 Å². The first-order chi connectivity index (χ1) is 15.1. The van der Waals surface area contributed by atoms with Crippen LogP contribution in [0, 0.1) is 0 Å². The van der Waals surface area contributed by atoms with Gasteiger partial charge in [-0.05, 0) is 0 Å². The zero-order valence-corrected chi connectivity index (χ0v) is 18.4. The van der Waals surface area contributed by atoms with E-state index >= 15 is 0 Å². The average molecular weight is 434 g/mol. The van der Waals surface area contributed by atoms with E-state index in [0.717, 1.165) is 16.9 Å².